The zero-order valence-electron chi connectivity index (χ0n) is 36.0. The maximum absolute atomic E-state index is 5.87. The number of methoxy groups -OCH3 is 3. The van der Waals surface area contributed by atoms with E-state index in [9.17, 15) is 0 Å². The molecule has 0 saturated carbocycles. The summed E-state index contributed by atoms with van der Waals surface area (Å²) in [5.74, 6) is 2.35. The molecule has 9 aromatic carbocycles. The number of ether oxygens (including phenoxy) is 3. The van der Waals surface area contributed by atoms with Crippen LogP contribution < -0.4 is 33.8 Å². The number of nitrogens with zero attached hydrogens (tertiary/aromatic N) is 4. The fourth-order valence-corrected chi connectivity index (χ4v) is 8.16. The van der Waals surface area contributed by atoms with Gasteiger partial charge in [-0.15, -0.1) is 0 Å². The van der Waals surface area contributed by atoms with Crippen LogP contribution in [0.3, 0.4) is 0 Å². The first-order valence-corrected chi connectivity index (χ1v) is 21.2. The number of benzene rings is 9. The van der Waals surface area contributed by atoms with Crippen LogP contribution in [0.1, 0.15) is 0 Å². The Balaban J connectivity index is 1.15. The number of para-hydroxylation sites is 9. The molecule has 7 nitrogen and oxygen atoms in total. The van der Waals surface area contributed by atoms with Crippen molar-refractivity contribution in [3.05, 3.63) is 237 Å². The Labute approximate surface area is 375 Å². The Morgan fingerprint density at radius 2 is 0.391 bits per heavy atom. The predicted molar refractivity (Wildman–Crippen MR) is 265 cm³/mol. The van der Waals surface area contributed by atoms with Crippen molar-refractivity contribution in [3.8, 4) is 17.2 Å². The van der Waals surface area contributed by atoms with Crippen molar-refractivity contribution in [3.63, 3.8) is 0 Å². The average molecular weight is 837 g/mol. The Morgan fingerprint density at radius 3 is 0.625 bits per heavy atom. The molecule has 0 radical (unpaired) electrons. The highest BCUT2D eigenvalue weighted by Gasteiger charge is 2.22. The van der Waals surface area contributed by atoms with Crippen molar-refractivity contribution in [2.24, 2.45) is 0 Å². The summed E-state index contributed by atoms with van der Waals surface area (Å²) < 4.78 is 17.6. The maximum Gasteiger partial charge on any atom is 0.142 e. The molecule has 0 unspecified atom stereocenters. The molecule has 314 valence electrons. The van der Waals surface area contributed by atoms with Crippen molar-refractivity contribution in [2.45, 2.75) is 0 Å². The van der Waals surface area contributed by atoms with Crippen molar-refractivity contribution in [1.82, 2.24) is 0 Å². The summed E-state index contributed by atoms with van der Waals surface area (Å²) in [6.07, 6.45) is 0. The summed E-state index contributed by atoms with van der Waals surface area (Å²) in [6, 6.07) is 81.6. The first kappa shape index (κ1) is 41.0. The minimum absolute atomic E-state index is 0.785. The van der Waals surface area contributed by atoms with Crippen LogP contribution in [0.15, 0.2) is 237 Å². The van der Waals surface area contributed by atoms with E-state index in [2.05, 4.69) is 183 Å². The molecule has 0 heterocycles. The van der Waals surface area contributed by atoms with E-state index in [0.717, 1.165) is 85.5 Å². The van der Waals surface area contributed by atoms with Crippen LogP contribution in [0.25, 0.3) is 0 Å². The summed E-state index contributed by atoms with van der Waals surface area (Å²) in [5.41, 5.74) is 11.9. The van der Waals surface area contributed by atoms with Gasteiger partial charge in [-0.2, -0.15) is 0 Å². The molecule has 0 amide bonds. The molecule has 0 saturated heterocycles. The average Bonchev–Trinajstić information content (AvgIpc) is 3.37. The van der Waals surface area contributed by atoms with Gasteiger partial charge in [0, 0.05) is 51.2 Å². The Morgan fingerprint density at radius 1 is 0.203 bits per heavy atom. The fourth-order valence-electron chi connectivity index (χ4n) is 8.16. The highest BCUT2D eigenvalue weighted by molar-refractivity contribution is 5.87. The summed E-state index contributed by atoms with van der Waals surface area (Å²) >= 11 is 0. The Hall–Kier alpha value is -8.42. The van der Waals surface area contributed by atoms with Gasteiger partial charge < -0.3 is 33.8 Å². The third-order valence-electron chi connectivity index (χ3n) is 11.1. The van der Waals surface area contributed by atoms with E-state index in [1.807, 2.05) is 72.8 Å². The molecule has 0 aliphatic heterocycles. The molecule has 0 aliphatic rings. The molecule has 0 aromatic heterocycles. The molecule has 64 heavy (non-hydrogen) atoms. The molecule has 7 heteroatoms. The van der Waals surface area contributed by atoms with Gasteiger partial charge in [0.1, 0.15) is 17.2 Å². The van der Waals surface area contributed by atoms with Gasteiger partial charge in [-0.1, -0.05) is 91.0 Å². The molecular formula is C57H48N4O3. The topological polar surface area (TPSA) is 40.7 Å². The van der Waals surface area contributed by atoms with Gasteiger partial charge in [0.15, 0.2) is 0 Å². The predicted octanol–water partition coefficient (Wildman–Crippen LogP) is 15.6. The SMILES string of the molecule is COc1ccccc1N(c1ccccc1)c1ccc(N(c2ccc(N(c3ccccc3)c3ccccc3OC)cc2)c2ccc(N(c3ccccc3)c3ccccc3OC)cc2)cc1. The van der Waals surface area contributed by atoms with Crippen molar-refractivity contribution in [1.29, 1.82) is 0 Å². The quantitative estimate of drug-likeness (QED) is 0.102. The normalized spacial score (nSPS) is 10.7. The van der Waals surface area contributed by atoms with E-state index in [-0.39, 0.29) is 0 Å². The highest BCUT2D eigenvalue weighted by Crippen LogP contribution is 2.46. The number of anilines is 12. The van der Waals surface area contributed by atoms with Crippen molar-refractivity contribution in [2.75, 3.05) is 40.9 Å². The molecule has 0 spiro atoms. The van der Waals surface area contributed by atoms with Crippen LogP contribution in [-0.2, 0) is 0 Å². The third kappa shape index (κ3) is 8.43. The molecule has 0 bridgehead atoms. The zero-order valence-corrected chi connectivity index (χ0v) is 36.0. The first-order chi connectivity index (χ1) is 31.6. The summed E-state index contributed by atoms with van der Waals surface area (Å²) in [7, 11) is 5.14. The van der Waals surface area contributed by atoms with E-state index in [0.29, 0.717) is 0 Å². The largest absolute Gasteiger partial charge is 0.495 e. The fraction of sp³-hybridized carbons (Fsp3) is 0.0526. The zero-order chi connectivity index (χ0) is 43.7. The van der Waals surface area contributed by atoms with Gasteiger partial charge in [-0.25, -0.2) is 0 Å². The standard InChI is InChI=1S/C57H48N4O3/c1-62-55-28-16-13-25-52(55)59(43-19-7-4-8-20-43)49-37-31-46(32-38-49)58(47-33-39-50(40-34-47)60(44-21-9-5-10-22-44)53-26-14-17-29-56(53)63-2)48-35-41-51(42-36-48)61(45-23-11-6-12-24-45)54-27-15-18-30-57(54)64-3/h4-42H,1-3H3. The van der Waals surface area contributed by atoms with Gasteiger partial charge in [0.2, 0.25) is 0 Å². The second-order valence-corrected chi connectivity index (χ2v) is 14.9. The smallest absolute Gasteiger partial charge is 0.142 e. The van der Waals surface area contributed by atoms with Crippen LogP contribution in [0.5, 0.6) is 17.2 Å². The van der Waals surface area contributed by atoms with Crippen LogP contribution in [0.2, 0.25) is 0 Å². The Bertz CT molecular complexity index is 2570. The van der Waals surface area contributed by atoms with E-state index >= 15 is 0 Å². The second kappa shape index (κ2) is 19.1. The molecular weight excluding hydrogens is 789 g/mol. The minimum atomic E-state index is 0.785. The van der Waals surface area contributed by atoms with Crippen LogP contribution in [0, 0.1) is 0 Å². The van der Waals surface area contributed by atoms with Crippen LogP contribution in [-0.4, -0.2) is 21.3 Å². The lowest BCUT2D eigenvalue weighted by atomic mass is 10.1. The number of hydrogen-bond donors (Lipinski definition) is 0. The lowest BCUT2D eigenvalue weighted by Gasteiger charge is -2.31. The van der Waals surface area contributed by atoms with Gasteiger partial charge in [0.25, 0.3) is 0 Å². The van der Waals surface area contributed by atoms with Crippen LogP contribution in [0.4, 0.5) is 68.2 Å². The maximum atomic E-state index is 5.87. The molecule has 0 N–H and O–H groups in total. The van der Waals surface area contributed by atoms with Crippen molar-refractivity contribution < 1.29 is 14.2 Å². The van der Waals surface area contributed by atoms with Gasteiger partial charge in [0.05, 0.1) is 38.4 Å². The molecule has 9 aromatic rings. The summed E-state index contributed by atoms with van der Waals surface area (Å²) in [5, 5.41) is 0. The van der Waals surface area contributed by atoms with E-state index < -0.39 is 0 Å². The minimum Gasteiger partial charge on any atom is -0.495 e. The molecule has 0 atom stereocenters. The summed E-state index contributed by atoms with van der Waals surface area (Å²) in [4.78, 5) is 8.97. The summed E-state index contributed by atoms with van der Waals surface area (Å²) in [6.45, 7) is 0. The molecule has 9 rings (SSSR count). The lowest BCUT2D eigenvalue weighted by Crippen LogP contribution is -2.14. The first-order valence-electron chi connectivity index (χ1n) is 21.2. The van der Waals surface area contributed by atoms with Gasteiger partial charge in [-0.3, -0.25) is 0 Å². The van der Waals surface area contributed by atoms with Gasteiger partial charge >= 0.3 is 0 Å². The van der Waals surface area contributed by atoms with E-state index in [1.165, 1.54) is 0 Å². The third-order valence-corrected chi connectivity index (χ3v) is 11.1. The molecule has 0 fully saturated rings. The van der Waals surface area contributed by atoms with E-state index in [1.54, 1.807) is 21.3 Å². The molecule has 0 aliphatic carbocycles. The number of hydrogen-bond acceptors (Lipinski definition) is 7. The monoisotopic (exact) mass is 836 g/mol. The Kier molecular flexibility index (Phi) is 12.2. The highest BCUT2D eigenvalue weighted by atomic mass is 16.5. The second-order valence-electron chi connectivity index (χ2n) is 14.9. The van der Waals surface area contributed by atoms with Crippen LogP contribution >= 0.6 is 0 Å². The van der Waals surface area contributed by atoms with E-state index in [4.69, 9.17) is 14.2 Å². The lowest BCUT2D eigenvalue weighted by molar-refractivity contribution is 0.416. The number of rotatable bonds is 15. The van der Waals surface area contributed by atoms with Crippen molar-refractivity contribution >= 4 is 68.2 Å². The van der Waals surface area contributed by atoms with Gasteiger partial charge in [-0.05, 0) is 146 Å².